The summed E-state index contributed by atoms with van der Waals surface area (Å²) < 4.78 is 6.54. The maximum Gasteiger partial charge on any atom is 0.136 e. The summed E-state index contributed by atoms with van der Waals surface area (Å²) in [6, 6.07) is 63.6. The van der Waals surface area contributed by atoms with Crippen LogP contribution in [0.4, 0.5) is 17.1 Å². The van der Waals surface area contributed by atoms with Gasteiger partial charge in [0.2, 0.25) is 0 Å². The molecule has 0 spiro atoms. The van der Waals surface area contributed by atoms with E-state index >= 15 is 0 Å². The fourth-order valence-electron chi connectivity index (χ4n) is 8.32. The Hall–Kier alpha value is -6.38. The standard InChI is InChI=1S/C49H35NO/c1-49(2)43-18-10-8-17-40(43)41-28-26-37(31-44(41)49)50(36-24-20-33(21-25-36)32-12-4-3-5-13-32)45-19-11-9-15-38(45)35-22-27-42-47(30-35)51-46-29-23-34-14-6-7-16-39(34)48(42)46/h3-31H,1-2H3. The normalized spacial score (nSPS) is 13.1. The van der Waals surface area contributed by atoms with E-state index in [0.29, 0.717) is 0 Å². The van der Waals surface area contributed by atoms with Gasteiger partial charge in [-0.15, -0.1) is 0 Å². The van der Waals surface area contributed by atoms with Gasteiger partial charge in [-0.25, -0.2) is 0 Å². The lowest BCUT2D eigenvalue weighted by Crippen LogP contribution is -2.16. The molecule has 10 rings (SSSR count). The summed E-state index contributed by atoms with van der Waals surface area (Å²) in [6.07, 6.45) is 0. The Morgan fingerprint density at radius 1 is 0.431 bits per heavy atom. The summed E-state index contributed by atoms with van der Waals surface area (Å²) in [5, 5.41) is 4.74. The topological polar surface area (TPSA) is 16.4 Å². The van der Waals surface area contributed by atoms with E-state index in [4.69, 9.17) is 4.42 Å². The molecule has 1 heterocycles. The highest BCUT2D eigenvalue weighted by Crippen LogP contribution is 2.51. The Bertz CT molecular complexity index is 2770. The number of benzene rings is 8. The van der Waals surface area contributed by atoms with E-state index in [9.17, 15) is 0 Å². The lowest BCUT2D eigenvalue weighted by Gasteiger charge is -2.30. The molecule has 0 aliphatic heterocycles. The summed E-state index contributed by atoms with van der Waals surface area (Å²) in [7, 11) is 0. The zero-order valence-electron chi connectivity index (χ0n) is 28.6. The number of anilines is 3. The number of fused-ring (bicyclic) bond motifs is 8. The van der Waals surface area contributed by atoms with Gasteiger partial charge in [0.15, 0.2) is 0 Å². The SMILES string of the molecule is CC1(C)c2ccccc2-c2ccc(N(c3ccc(-c4ccccc4)cc3)c3ccccc3-c3ccc4c(c3)oc3ccc5ccccc5c34)cc21. The summed E-state index contributed by atoms with van der Waals surface area (Å²) in [4.78, 5) is 2.42. The van der Waals surface area contributed by atoms with Crippen LogP contribution >= 0.6 is 0 Å². The second-order valence-corrected chi connectivity index (χ2v) is 14.1. The fraction of sp³-hybridized carbons (Fsp3) is 0.0612. The molecular weight excluding hydrogens is 619 g/mol. The van der Waals surface area contributed by atoms with Crippen molar-refractivity contribution >= 4 is 49.8 Å². The average Bonchev–Trinajstić information content (AvgIpc) is 3.67. The minimum Gasteiger partial charge on any atom is -0.456 e. The van der Waals surface area contributed by atoms with Gasteiger partial charge in [0.1, 0.15) is 11.2 Å². The molecule has 1 aliphatic carbocycles. The second kappa shape index (κ2) is 11.3. The predicted molar refractivity (Wildman–Crippen MR) is 214 cm³/mol. The van der Waals surface area contributed by atoms with E-state index in [2.05, 4.69) is 195 Å². The van der Waals surface area contributed by atoms with Crippen molar-refractivity contribution in [2.24, 2.45) is 0 Å². The third kappa shape index (κ3) is 4.64. The number of nitrogens with zero attached hydrogens (tertiary/aromatic N) is 1. The lowest BCUT2D eigenvalue weighted by atomic mass is 9.82. The molecule has 0 fully saturated rings. The number of hydrogen-bond acceptors (Lipinski definition) is 2. The van der Waals surface area contributed by atoms with Crippen LogP contribution in [0.5, 0.6) is 0 Å². The highest BCUT2D eigenvalue weighted by Gasteiger charge is 2.35. The number of para-hydroxylation sites is 1. The minimum atomic E-state index is -0.110. The average molecular weight is 654 g/mol. The fourth-order valence-corrected chi connectivity index (χ4v) is 8.32. The minimum absolute atomic E-state index is 0.110. The smallest absolute Gasteiger partial charge is 0.136 e. The molecule has 0 bridgehead atoms. The Balaban J connectivity index is 1.15. The molecule has 1 aromatic heterocycles. The van der Waals surface area contributed by atoms with Crippen LogP contribution < -0.4 is 4.90 Å². The molecule has 0 atom stereocenters. The molecule has 0 saturated heterocycles. The highest BCUT2D eigenvalue weighted by molar-refractivity contribution is 6.19. The second-order valence-electron chi connectivity index (χ2n) is 14.1. The van der Waals surface area contributed by atoms with Crippen LogP contribution in [-0.4, -0.2) is 0 Å². The van der Waals surface area contributed by atoms with Crippen molar-refractivity contribution < 1.29 is 4.42 Å². The van der Waals surface area contributed by atoms with Crippen molar-refractivity contribution in [2.45, 2.75) is 19.3 Å². The molecule has 1 aliphatic rings. The maximum atomic E-state index is 6.54. The third-order valence-corrected chi connectivity index (χ3v) is 10.9. The van der Waals surface area contributed by atoms with Crippen LogP contribution in [0.1, 0.15) is 25.0 Å². The summed E-state index contributed by atoms with van der Waals surface area (Å²) in [5.41, 5.74) is 15.1. The Morgan fingerprint density at radius 2 is 1.10 bits per heavy atom. The van der Waals surface area contributed by atoms with Crippen LogP contribution in [0.15, 0.2) is 180 Å². The third-order valence-electron chi connectivity index (χ3n) is 10.9. The van der Waals surface area contributed by atoms with Gasteiger partial charge in [0, 0.05) is 33.1 Å². The molecule has 2 nitrogen and oxygen atoms in total. The van der Waals surface area contributed by atoms with Crippen LogP contribution in [0, 0.1) is 0 Å². The van der Waals surface area contributed by atoms with Gasteiger partial charge in [-0.2, -0.15) is 0 Å². The van der Waals surface area contributed by atoms with Crippen molar-refractivity contribution in [1.82, 2.24) is 0 Å². The lowest BCUT2D eigenvalue weighted by molar-refractivity contribution is 0.660. The Kier molecular flexibility index (Phi) is 6.56. The number of furan rings is 1. The zero-order chi connectivity index (χ0) is 34.1. The van der Waals surface area contributed by atoms with Crippen molar-refractivity contribution in [1.29, 1.82) is 0 Å². The number of rotatable bonds is 5. The molecule has 9 aromatic rings. The summed E-state index contributed by atoms with van der Waals surface area (Å²) in [5.74, 6) is 0. The van der Waals surface area contributed by atoms with E-state index in [1.807, 2.05) is 0 Å². The summed E-state index contributed by atoms with van der Waals surface area (Å²) in [6.45, 7) is 4.69. The predicted octanol–water partition coefficient (Wildman–Crippen LogP) is 13.8. The molecule has 0 saturated carbocycles. The highest BCUT2D eigenvalue weighted by atomic mass is 16.3. The first kappa shape index (κ1) is 29.5. The molecule has 0 radical (unpaired) electrons. The van der Waals surface area contributed by atoms with Gasteiger partial charge in [0.05, 0.1) is 5.69 Å². The van der Waals surface area contributed by atoms with Crippen LogP contribution in [0.2, 0.25) is 0 Å². The first-order valence-electron chi connectivity index (χ1n) is 17.7. The Morgan fingerprint density at radius 3 is 1.96 bits per heavy atom. The zero-order valence-corrected chi connectivity index (χ0v) is 28.6. The van der Waals surface area contributed by atoms with E-state index in [1.54, 1.807) is 0 Å². The molecule has 2 heteroatoms. The van der Waals surface area contributed by atoms with Crippen LogP contribution in [-0.2, 0) is 5.41 Å². The van der Waals surface area contributed by atoms with Gasteiger partial charge < -0.3 is 9.32 Å². The van der Waals surface area contributed by atoms with E-state index < -0.39 is 0 Å². The van der Waals surface area contributed by atoms with Gasteiger partial charge in [-0.3, -0.25) is 0 Å². The molecule has 8 aromatic carbocycles. The van der Waals surface area contributed by atoms with Gasteiger partial charge in [-0.05, 0) is 98.2 Å². The molecule has 0 unspecified atom stereocenters. The van der Waals surface area contributed by atoms with E-state index in [1.165, 1.54) is 49.5 Å². The van der Waals surface area contributed by atoms with Gasteiger partial charge in [-0.1, -0.05) is 141 Å². The number of hydrogen-bond donors (Lipinski definition) is 0. The maximum absolute atomic E-state index is 6.54. The quantitative estimate of drug-likeness (QED) is 0.184. The Labute approximate surface area is 297 Å². The van der Waals surface area contributed by atoms with Crippen molar-refractivity contribution in [3.05, 3.63) is 187 Å². The van der Waals surface area contributed by atoms with Crippen LogP contribution in [0.3, 0.4) is 0 Å². The van der Waals surface area contributed by atoms with Crippen molar-refractivity contribution in [2.75, 3.05) is 4.90 Å². The molecule has 51 heavy (non-hydrogen) atoms. The van der Waals surface area contributed by atoms with E-state index in [-0.39, 0.29) is 5.41 Å². The molecule has 0 amide bonds. The van der Waals surface area contributed by atoms with E-state index in [0.717, 1.165) is 44.7 Å². The first-order valence-corrected chi connectivity index (χ1v) is 17.7. The van der Waals surface area contributed by atoms with Crippen LogP contribution in [0.25, 0.3) is 66.1 Å². The molecular formula is C49H35NO. The van der Waals surface area contributed by atoms with Gasteiger partial charge in [0.25, 0.3) is 0 Å². The van der Waals surface area contributed by atoms with Gasteiger partial charge >= 0.3 is 0 Å². The molecule has 0 N–H and O–H groups in total. The monoisotopic (exact) mass is 653 g/mol. The first-order chi connectivity index (χ1) is 25.0. The van der Waals surface area contributed by atoms with Crippen molar-refractivity contribution in [3.63, 3.8) is 0 Å². The molecule has 242 valence electrons. The van der Waals surface area contributed by atoms with Crippen molar-refractivity contribution in [3.8, 4) is 33.4 Å². The summed E-state index contributed by atoms with van der Waals surface area (Å²) >= 11 is 0. The largest absolute Gasteiger partial charge is 0.456 e.